The molecule has 0 fully saturated rings. The molecule has 1 N–H and O–H groups in total. The number of nitrogens with one attached hydrogen (secondary N) is 1. The van der Waals surface area contributed by atoms with Gasteiger partial charge >= 0.3 is 0 Å². The second-order valence-electron chi connectivity index (χ2n) is 4.66. The van der Waals surface area contributed by atoms with Gasteiger partial charge in [0.1, 0.15) is 0 Å². The smallest absolute Gasteiger partial charge is 0.0725 e. The highest BCUT2D eigenvalue weighted by Crippen LogP contribution is 2.29. The van der Waals surface area contributed by atoms with E-state index in [-0.39, 0.29) is 0 Å². The molecule has 2 nitrogen and oxygen atoms in total. The van der Waals surface area contributed by atoms with Gasteiger partial charge < -0.3 is 10.1 Å². The van der Waals surface area contributed by atoms with Gasteiger partial charge in [0.25, 0.3) is 0 Å². The zero-order valence-corrected chi connectivity index (χ0v) is 10.6. The maximum absolute atomic E-state index is 5.47. The van der Waals surface area contributed by atoms with Gasteiger partial charge in [0.2, 0.25) is 0 Å². The van der Waals surface area contributed by atoms with E-state index < -0.39 is 0 Å². The molecule has 0 aliphatic carbocycles. The zero-order chi connectivity index (χ0) is 12.4. The lowest BCUT2D eigenvalue weighted by atomic mass is 9.96. The molecule has 0 saturated carbocycles. The molecule has 18 heavy (non-hydrogen) atoms. The minimum atomic E-state index is 0.747. The molecule has 2 heteroatoms. The first kappa shape index (κ1) is 11.5. The molecule has 0 atom stereocenters. The minimum Gasteiger partial charge on any atom is -0.372 e. The van der Waals surface area contributed by atoms with Crippen LogP contribution in [0, 0.1) is 0 Å². The van der Waals surface area contributed by atoms with Gasteiger partial charge in [-0.2, -0.15) is 0 Å². The normalized spacial score (nSPS) is 13.6. The standard InChI is InChI=1S/C16H17NO/c1-17-9-13-4-2-3-5-16(13)12-6-7-14-10-18-11-15(14)8-12/h2-8,17H,9-11H2,1H3. The van der Waals surface area contributed by atoms with Crippen LogP contribution >= 0.6 is 0 Å². The van der Waals surface area contributed by atoms with Crippen LogP contribution in [0.1, 0.15) is 16.7 Å². The van der Waals surface area contributed by atoms with Gasteiger partial charge in [0, 0.05) is 6.54 Å². The molecule has 2 aromatic carbocycles. The molecule has 1 aliphatic rings. The fourth-order valence-electron chi connectivity index (χ4n) is 2.49. The summed E-state index contributed by atoms with van der Waals surface area (Å²) >= 11 is 0. The number of rotatable bonds is 3. The van der Waals surface area contributed by atoms with Crippen molar-refractivity contribution in [1.82, 2.24) is 5.32 Å². The van der Waals surface area contributed by atoms with Gasteiger partial charge in [-0.05, 0) is 40.9 Å². The summed E-state index contributed by atoms with van der Waals surface area (Å²) in [7, 11) is 1.98. The van der Waals surface area contributed by atoms with Gasteiger partial charge in [-0.15, -0.1) is 0 Å². The maximum Gasteiger partial charge on any atom is 0.0725 e. The third-order valence-corrected chi connectivity index (χ3v) is 3.42. The highest BCUT2D eigenvalue weighted by Gasteiger charge is 2.12. The Labute approximate surface area is 108 Å². The summed E-state index contributed by atoms with van der Waals surface area (Å²) in [5, 5.41) is 3.22. The van der Waals surface area contributed by atoms with Crippen LogP contribution in [0.15, 0.2) is 42.5 Å². The molecule has 0 saturated heterocycles. The lowest BCUT2D eigenvalue weighted by Gasteiger charge is -2.10. The Morgan fingerprint density at radius 2 is 1.89 bits per heavy atom. The summed E-state index contributed by atoms with van der Waals surface area (Å²) in [4.78, 5) is 0. The van der Waals surface area contributed by atoms with Crippen molar-refractivity contribution in [3.8, 4) is 11.1 Å². The second-order valence-corrected chi connectivity index (χ2v) is 4.66. The highest BCUT2D eigenvalue weighted by molar-refractivity contribution is 5.68. The number of hydrogen-bond acceptors (Lipinski definition) is 2. The Bertz CT molecular complexity index is 563. The fraction of sp³-hybridized carbons (Fsp3) is 0.250. The lowest BCUT2D eigenvalue weighted by molar-refractivity contribution is 0.134. The number of hydrogen-bond donors (Lipinski definition) is 1. The van der Waals surface area contributed by atoms with Gasteiger partial charge in [-0.3, -0.25) is 0 Å². The molecule has 0 amide bonds. The van der Waals surface area contributed by atoms with Crippen molar-refractivity contribution in [1.29, 1.82) is 0 Å². The zero-order valence-electron chi connectivity index (χ0n) is 10.6. The first-order chi connectivity index (χ1) is 8.88. The summed E-state index contributed by atoms with van der Waals surface area (Å²) < 4.78 is 5.47. The monoisotopic (exact) mass is 239 g/mol. The van der Waals surface area contributed by atoms with E-state index in [1.54, 1.807) is 0 Å². The SMILES string of the molecule is CNCc1ccccc1-c1ccc2c(c1)COC2. The predicted molar refractivity (Wildman–Crippen MR) is 73.1 cm³/mol. The van der Waals surface area contributed by atoms with Crippen LogP contribution in [0.25, 0.3) is 11.1 Å². The lowest BCUT2D eigenvalue weighted by Crippen LogP contribution is -2.06. The Balaban J connectivity index is 2.04. The molecule has 3 rings (SSSR count). The van der Waals surface area contributed by atoms with Crippen molar-refractivity contribution in [3.63, 3.8) is 0 Å². The van der Waals surface area contributed by atoms with E-state index >= 15 is 0 Å². The first-order valence-corrected chi connectivity index (χ1v) is 6.31. The quantitative estimate of drug-likeness (QED) is 0.888. The minimum absolute atomic E-state index is 0.747. The number of benzene rings is 2. The molecule has 0 bridgehead atoms. The van der Waals surface area contributed by atoms with Crippen LogP contribution in [-0.2, 0) is 24.5 Å². The van der Waals surface area contributed by atoms with E-state index in [1.165, 1.54) is 27.8 Å². The van der Waals surface area contributed by atoms with E-state index in [4.69, 9.17) is 4.74 Å². The van der Waals surface area contributed by atoms with Crippen LogP contribution in [0.5, 0.6) is 0 Å². The molecule has 2 aromatic rings. The van der Waals surface area contributed by atoms with Gasteiger partial charge in [-0.25, -0.2) is 0 Å². The van der Waals surface area contributed by atoms with Gasteiger partial charge in [-0.1, -0.05) is 36.4 Å². The number of ether oxygens (including phenoxy) is 1. The molecule has 92 valence electrons. The van der Waals surface area contributed by atoms with Crippen molar-refractivity contribution in [3.05, 3.63) is 59.2 Å². The maximum atomic E-state index is 5.47. The van der Waals surface area contributed by atoms with Crippen LogP contribution in [-0.4, -0.2) is 7.05 Å². The third-order valence-electron chi connectivity index (χ3n) is 3.42. The average Bonchev–Trinajstić information content (AvgIpc) is 2.87. The van der Waals surface area contributed by atoms with E-state index in [0.717, 1.165) is 19.8 Å². The fourth-order valence-corrected chi connectivity index (χ4v) is 2.49. The van der Waals surface area contributed by atoms with Crippen LogP contribution in [0.2, 0.25) is 0 Å². The molecule has 0 unspecified atom stereocenters. The average molecular weight is 239 g/mol. The summed E-state index contributed by atoms with van der Waals surface area (Å²) in [6, 6.07) is 15.2. The molecular formula is C16H17NO. The Hall–Kier alpha value is -1.64. The van der Waals surface area contributed by atoms with Crippen LogP contribution in [0.4, 0.5) is 0 Å². The molecule has 0 radical (unpaired) electrons. The summed E-state index contributed by atoms with van der Waals surface area (Å²) in [5.41, 5.74) is 6.57. The molecular weight excluding hydrogens is 222 g/mol. The van der Waals surface area contributed by atoms with Crippen molar-refractivity contribution in [2.75, 3.05) is 7.05 Å². The summed E-state index contributed by atoms with van der Waals surface area (Å²) in [6.07, 6.45) is 0. The highest BCUT2D eigenvalue weighted by atomic mass is 16.5. The van der Waals surface area contributed by atoms with E-state index in [9.17, 15) is 0 Å². The Morgan fingerprint density at radius 1 is 1.06 bits per heavy atom. The van der Waals surface area contributed by atoms with E-state index in [2.05, 4.69) is 47.8 Å². The molecule has 1 heterocycles. The van der Waals surface area contributed by atoms with Gasteiger partial charge in [0.15, 0.2) is 0 Å². The van der Waals surface area contributed by atoms with E-state index in [0.29, 0.717) is 0 Å². The van der Waals surface area contributed by atoms with Crippen molar-refractivity contribution < 1.29 is 4.74 Å². The van der Waals surface area contributed by atoms with E-state index in [1.807, 2.05) is 7.05 Å². The first-order valence-electron chi connectivity index (χ1n) is 6.31. The molecule has 0 spiro atoms. The predicted octanol–water partition coefficient (Wildman–Crippen LogP) is 3.10. The molecule has 0 aromatic heterocycles. The van der Waals surface area contributed by atoms with Crippen molar-refractivity contribution >= 4 is 0 Å². The van der Waals surface area contributed by atoms with Crippen LogP contribution in [0.3, 0.4) is 0 Å². The largest absolute Gasteiger partial charge is 0.372 e. The Kier molecular flexibility index (Phi) is 3.13. The summed E-state index contributed by atoms with van der Waals surface area (Å²) in [6.45, 7) is 2.40. The van der Waals surface area contributed by atoms with Crippen molar-refractivity contribution in [2.24, 2.45) is 0 Å². The Morgan fingerprint density at radius 3 is 2.78 bits per heavy atom. The van der Waals surface area contributed by atoms with Crippen molar-refractivity contribution in [2.45, 2.75) is 19.8 Å². The second kappa shape index (κ2) is 4.92. The third kappa shape index (κ3) is 2.05. The van der Waals surface area contributed by atoms with Gasteiger partial charge in [0.05, 0.1) is 13.2 Å². The summed E-state index contributed by atoms with van der Waals surface area (Å²) in [5.74, 6) is 0. The topological polar surface area (TPSA) is 21.3 Å². The number of fused-ring (bicyclic) bond motifs is 1. The molecule has 1 aliphatic heterocycles. The van der Waals surface area contributed by atoms with Crippen LogP contribution < -0.4 is 5.32 Å².